The summed E-state index contributed by atoms with van der Waals surface area (Å²) in [7, 11) is 0. The first-order chi connectivity index (χ1) is 20.4. The summed E-state index contributed by atoms with van der Waals surface area (Å²) in [5.41, 5.74) is 9.15. The predicted molar refractivity (Wildman–Crippen MR) is 165 cm³/mol. The molecule has 0 aliphatic carbocycles. The number of aromatic amines is 2. The van der Waals surface area contributed by atoms with Crippen molar-refractivity contribution in [2.75, 3.05) is 0 Å². The number of H-pyrrole nitrogens is 2. The van der Waals surface area contributed by atoms with Crippen molar-refractivity contribution in [3.05, 3.63) is 72.3 Å². The fourth-order valence-corrected chi connectivity index (χ4v) is 5.77. The van der Waals surface area contributed by atoms with Gasteiger partial charge in [0.15, 0.2) is 0 Å². The molecule has 0 fully saturated rings. The van der Waals surface area contributed by atoms with E-state index in [1.165, 1.54) is 0 Å². The summed E-state index contributed by atoms with van der Waals surface area (Å²) in [6.45, 7) is 11.4. The van der Waals surface area contributed by atoms with E-state index < -0.39 is 11.9 Å². The number of nitrogens with zero attached hydrogens (tertiary/aromatic N) is 1. The zero-order chi connectivity index (χ0) is 31.6. The van der Waals surface area contributed by atoms with E-state index in [2.05, 4.69) is 20.3 Å². The van der Waals surface area contributed by atoms with Crippen molar-refractivity contribution >= 4 is 47.7 Å². The van der Waals surface area contributed by atoms with Crippen LogP contribution in [0.4, 0.5) is 0 Å². The lowest BCUT2D eigenvalue weighted by molar-refractivity contribution is -0.138. The minimum absolute atomic E-state index is 0.0701. The third kappa shape index (κ3) is 6.38. The lowest BCUT2D eigenvalue weighted by Gasteiger charge is -2.04. The molecule has 0 radical (unpaired) electrons. The molecule has 43 heavy (non-hydrogen) atoms. The Bertz CT molecular complexity index is 1790. The molecule has 2 aromatic rings. The Morgan fingerprint density at radius 1 is 0.744 bits per heavy atom. The average Bonchev–Trinajstić information content (AvgIpc) is 3.59. The van der Waals surface area contributed by atoms with Crippen molar-refractivity contribution in [2.24, 2.45) is 4.99 Å². The number of carboxylic acid groups (broad SMARTS) is 2. The van der Waals surface area contributed by atoms with Crippen LogP contribution in [0.15, 0.2) is 33.0 Å². The van der Waals surface area contributed by atoms with Crippen LogP contribution in [-0.4, -0.2) is 49.6 Å². The first-order valence-electron chi connectivity index (χ1n) is 14.5. The van der Waals surface area contributed by atoms with Gasteiger partial charge in [-0.3, -0.25) is 19.2 Å². The summed E-state index contributed by atoms with van der Waals surface area (Å²) in [5, 5.41) is 23.2. The van der Waals surface area contributed by atoms with E-state index in [9.17, 15) is 29.4 Å². The number of hydrogen-bond acceptors (Lipinski definition) is 4. The maximum Gasteiger partial charge on any atom is 0.303 e. The van der Waals surface area contributed by atoms with Crippen LogP contribution in [0.1, 0.15) is 87.0 Å². The van der Waals surface area contributed by atoms with E-state index in [-0.39, 0.29) is 37.5 Å². The van der Waals surface area contributed by atoms with Gasteiger partial charge in [0, 0.05) is 51.8 Å². The molecule has 0 saturated carbocycles. The summed E-state index contributed by atoms with van der Waals surface area (Å²) >= 11 is 0. The van der Waals surface area contributed by atoms with Crippen LogP contribution >= 0.6 is 0 Å². The quantitative estimate of drug-likeness (QED) is 0.270. The van der Waals surface area contributed by atoms with Gasteiger partial charge in [-0.1, -0.05) is 13.8 Å². The summed E-state index contributed by atoms with van der Waals surface area (Å²) in [5.74, 6) is -2.22. The minimum atomic E-state index is -0.922. The number of allylic oxidation sites excluding steroid dienone is 2. The highest BCUT2D eigenvalue weighted by Gasteiger charge is 2.24. The van der Waals surface area contributed by atoms with Gasteiger partial charge in [-0.05, 0) is 105 Å². The number of hydrogen-bond donors (Lipinski definition) is 5. The van der Waals surface area contributed by atoms with Gasteiger partial charge < -0.3 is 25.5 Å². The van der Waals surface area contributed by atoms with Crippen LogP contribution in [-0.2, 0) is 32.0 Å². The lowest BCUT2D eigenvalue weighted by atomic mass is 10.0. The lowest BCUT2D eigenvalue weighted by Crippen LogP contribution is -2.15. The number of carboxylic acids is 2. The van der Waals surface area contributed by atoms with Gasteiger partial charge in [0.2, 0.25) is 0 Å². The van der Waals surface area contributed by atoms with Gasteiger partial charge in [-0.15, -0.1) is 0 Å². The molecule has 2 aliphatic heterocycles. The Labute approximate surface area is 249 Å². The van der Waals surface area contributed by atoms with Crippen molar-refractivity contribution in [3.8, 4) is 0 Å². The van der Waals surface area contributed by atoms with Crippen LogP contribution in [0.25, 0.3) is 18.2 Å². The maximum atomic E-state index is 12.3. The molecule has 226 valence electrons. The van der Waals surface area contributed by atoms with Gasteiger partial charge >= 0.3 is 11.9 Å². The normalized spacial score (nSPS) is 17.2. The molecule has 2 aromatic heterocycles. The highest BCUT2D eigenvalue weighted by atomic mass is 16.4. The number of amides is 2. The zero-order valence-corrected chi connectivity index (χ0v) is 25.4. The predicted octanol–water partition coefficient (Wildman–Crippen LogP) is 3.51. The van der Waals surface area contributed by atoms with E-state index in [0.717, 1.165) is 44.4 Å². The molecular weight excluding hydrogens is 548 g/mol. The summed E-state index contributed by atoms with van der Waals surface area (Å²) < 4.78 is 0. The second-order valence-electron chi connectivity index (χ2n) is 10.9. The van der Waals surface area contributed by atoms with Crippen molar-refractivity contribution < 1.29 is 29.4 Å². The molecular formula is C33H38N4O6. The van der Waals surface area contributed by atoms with Crippen LogP contribution in [0, 0.1) is 13.8 Å². The Kier molecular flexibility index (Phi) is 9.18. The summed E-state index contributed by atoms with van der Waals surface area (Å²) in [6.07, 6.45) is 7.25. The van der Waals surface area contributed by atoms with Gasteiger partial charge in [0.1, 0.15) is 0 Å². The van der Waals surface area contributed by atoms with Gasteiger partial charge in [-0.25, -0.2) is 4.99 Å². The maximum absolute atomic E-state index is 12.3. The van der Waals surface area contributed by atoms with E-state index >= 15 is 0 Å². The largest absolute Gasteiger partial charge is 0.481 e. The molecule has 4 rings (SSSR count). The second-order valence-corrected chi connectivity index (χ2v) is 10.9. The molecule has 0 unspecified atom stereocenters. The number of rotatable bonds is 11. The number of aliphatic carboxylic acids is 2. The number of carbonyl (C=O) groups is 4. The van der Waals surface area contributed by atoms with Crippen molar-refractivity contribution in [1.82, 2.24) is 15.3 Å². The first-order valence-corrected chi connectivity index (χ1v) is 14.5. The number of aliphatic imine (C=N–C) groups is 1. The van der Waals surface area contributed by atoms with Crippen LogP contribution in [0.2, 0.25) is 0 Å². The molecule has 5 N–H and O–H groups in total. The summed E-state index contributed by atoms with van der Waals surface area (Å²) in [6, 6.07) is 0. The molecule has 10 nitrogen and oxygen atoms in total. The monoisotopic (exact) mass is 586 g/mol. The molecule has 2 aliphatic rings. The van der Waals surface area contributed by atoms with Gasteiger partial charge in [-0.2, -0.15) is 0 Å². The highest BCUT2D eigenvalue weighted by Crippen LogP contribution is 2.28. The van der Waals surface area contributed by atoms with Crippen LogP contribution in [0.3, 0.4) is 0 Å². The van der Waals surface area contributed by atoms with Crippen LogP contribution in [0.5, 0.6) is 0 Å². The molecule has 0 saturated heterocycles. The third-order valence-corrected chi connectivity index (χ3v) is 8.33. The number of carbonyl (C=O) groups excluding carboxylic acids is 2. The zero-order valence-electron chi connectivity index (χ0n) is 25.4. The molecule has 0 spiro atoms. The standard InChI is InChI=1S/C33H38N4O6/c1-7-20-19(6)32(42)37-27(20)14-25-18(5)23(10-12-31(40)41)29(35-25)15-28-22(9-11-30(38)39)17(4)24(34-28)13-26-16(3)21(8-2)33(43)36-26/h13-15,34-35H,7-12H2,1-6H3,(H,37,42)(H,38,39)(H,40,41)/b24-13?,27-14?,28-15+. The number of nitrogens with one attached hydrogen (secondary N) is 3. The Hall–Kier alpha value is -4.73. The smallest absolute Gasteiger partial charge is 0.303 e. The fourth-order valence-electron chi connectivity index (χ4n) is 5.77. The Balaban J connectivity index is 1.91. The number of aromatic nitrogens is 2. The van der Waals surface area contributed by atoms with Crippen molar-refractivity contribution in [2.45, 2.75) is 80.1 Å². The molecule has 0 aromatic carbocycles. The second kappa shape index (κ2) is 12.6. The first kappa shape index (κ1) is 31.2. The molecule has 0 bridgehead atoms. The fraction of sp³-hybridized carbons (Fsp3) is 0.364. The average molecular weight is 587 g/mol. The minimum Gasteiger partial charge on any atom is -0.481 e. The van der Waals surface area contributed by atoms with E-state index in [1.54, 1.807) is 6.92 Å². The summed E-state index contributed by atoms with van der Waals surface area (Å²) in [4.78, 5) is 58.7. The molecule has 10 heteroatoms. The van der Waals surface area contributed by atoms with Gasteiger partial charge in [0.25, 0.3) is 11.8 Å². The Morgan fingerprint density at radius 3 is 1.95 bits per heavy atom. The van der Waals surface area contributed by atoms with Crippen molar-refractivity contribution in [1.29, 1.82) is 0 Å². The topological polar surface area (TPSA) is 165 Å². The SMILES string of the molecule is CCC1=C(C)C(C=c2[nH]/c(=C/c3[nH]c(C=C4NC(=O)C(C)=C4CC)c(C)c3CCC(=O)O)c(CCC(=O)O)c2C)=NC1=O. The van der Waals surface area contributed by atoms with Crippen LogP contribution < -0.4 is 16.0 Å². The highest BCUT2D eigenvalue weighted by molar-refractivity contribution is 6.30. The van der Waals surface area contributed by atoms with Crippen molar-refractivity contribution in [3.63, 3.8) is 0 Å². The van der Waals surface area contributed by atoms with E-state index in [1.807, 2.05) is 52.8 Å². The molecule has 0 atom stereocenters. The molecule has 4 heterocycles. The molecule has 2 amide bonds. The Morgan fingerprint density at radius 2 is 1.37 bits per heavy atom. The van der Waals surface area contributed by atoms with E-state index in [0.29, 0.717) is 46.4 Å². The third-order valence-electron chi connectivity index (χ3n) is 8.33. The van der Waals surface area contributed by atoms with E-state index in [4.69, 9.17) is 0 Å². The van der Waals surface area contributed by atoms with Gasteiger partial charge in [0.05, 0.1) is 5.71 Å².